The molecule has 8 heteroatoms. The van der Waals surface area contributed by atoms with E-state index in [4.69, 9.17) is 9.26 Å². The fourth-order valence-electron chi connectivity index (χ4n) is 3.84. The standard InChI is InChI=1S/C25H27FN4O3/c1-15(2)12-13-30-16(3)21(22(27-25(30)31)17-8-10-20(32-4)11-9-17)24-28-23(29-33-24)18-6-5-7-19(26)14-18/h5-11,14-15,22H,12-13H2,1-4H3,(H,27,31). The first-order chi connectivity index (χ1) is 15.9. The van der Waals surface area contributed by atoms with Gasteiger partial charge in [-0.05, 0) is 49.1 Å². The van der Waals surface area contributed by atoms with Crippen LogP contribution in [0.5, 0.6) is 5.75 Å². The molecule has 1 atom stereocenters. The number of ether oxygens (including phenoxy) is 1. The Hall–Kier alpha value is -3.68. The Morgan fingerprint density at radius 2 is 1.97 bits per heavy atom. The lowest BCUT2D eigenvalue weighted by Gasteiger charge is -2.35. The van der Waals surface area contributed by atoms with Gasteiger partial charge in [0.15, 0.2) is 0 Å². The fraction of sp³-hybridized carbons (Fsp3) is 0.320. The van der Waals surface area contributed by atoms with Gasteiger partial charge in [0.2, 0.25) is 5.82 Å². The first-order valence-corrected chi connectivity index (χ1v) is 10.9. The number of urea groups is 1. The lowest BCUT2D eigenvalue weighted by molar-refractivity contribution is 0.202. The maximum absolute atomic E-state index is 13.7. The largest absolute Gasteiger partial charge is 0.497 e. The minimum absolute atomic E-state index is 0.178. The predicted octanol–water partition coefficient (Wildman–Crippen LogP) is 5.43. The van der Waals surface area contributed by atoms with Crippen LogP contribution < -0.4 is 10.1 Å². The van der Waals surface area contributed by atoms with E-state index < -0.39 is 6.04 Å². The van der Waals surface area contributed by atoms with Crippen molar-refractivity contribution in [3.05, 3.63) is 71.5 Å². The number of hydrogen-bond acceptors (Lipinski definition) is 5. The van der Waals surface area contributed by atoms with Crippen molar-refractivity contribution in [1.82, 2.24) is 20.4 Å². The molecule has 0 fully saturated rings. The van der Waals surface area contributed by atoms with Gasteiger partial charge in [-0.25, -0.2) is 9.18 Å². The molecule has 7 nitrogen and oxygen atoms in total. The number of benzene rings is 2. The number of amides is 2. The van der Waals surface area contributed by atoms with Crippen LogP contribution in [0.25, 0.3) is 17.0 Å². The number of hydrogen-bond donors (Lipinski definition) is 1. The number of carbonyl (C=O) groups is 1. The van der Waals surface area contributed by atoms with Crippen LogP contribution in [-0.2, 0) is 0 Å². The summed E-state index contributed by atoms with van der Waals surface area (Å²) < 4.78 is 24.6. The van der Waals surface area contributed by atoms with Gasteiger partial charge in [-0.15, -0.1) is 0 Å². The highest BCUT2D eigenvalue weighted by atomic mass is 19.1. The van der Waals surface area contributed by atoms with E-state index in [1.165, 1.54) is 12.1 Å². The van der Waals surface area contributed by atoms with Crippen LogP contribution in [0.3, 0.4) is 0 Å². The van der Waals surface area contributed by atoms with Crippen LogP contribution in [0.15, 0.2) is 58.8 Å². The third-order valence-electron chi connectivity index (χ3n) is 5.71. The summed E-state index contributed by atoms with van der Waals surface area (Å²) in [6.45, 7) is 6.69. The zero-order chi connectivity index (χ0) is 23.5. The molecule has 2 aromatic carbocycles. The van der Waals surface area contributed by atoms with Gasteiger partial charge in [-0.3, -0.25) is 4.90 Å². The van der Waals surface area contributed by atoms with Crippen molar-refractivity contribution in [1.29, 1.82) is 0 Å². The molecule has 1 aliphatic rings. The molecule has 1 unspecified atom stereocenters. The molecule has 0 aliphatic carbocycles. The van der Waals surface area contributed by atoms with Crippen molar-refractivity contribution >= 4 is 11.6 Å². The molecule has 1 aromatic heterocycles. The minimum atomic E-state index is -0.487. The van der Waals surface area contributed by atoms with Gasteiger partial charge < -0.3 is 14.6 Å². The highest BCUT2D eigenvalue weighted by Crippen LogP contribution is 2.38. The third kappa shape index (κ3) is 4.74. The fourth-order valence-corrected chi connectivity index (χ4v) is 3.84. The highest BCUT2D eigenvalue weighted by molar-refractivity contribution is 5.86. The number of carbonyl (C=O) groups excluding carboxylic acids is 1. The summed E-state index contributed by atoms with van der Waals surface area (Å²) in [5, 5.41) is 7.15. The molecule has 0 saturated carbocycles. The Labute approximate surface area is 192 Å². The topological polar surface area (TPSA) is 80.5 Å². The Bertz CT molecular complexity index is 1170. The van der Waals surface area contributed by atoms with Crippen molar-refractivity contribution in [3.8, 4) is 17.1 Å². The van der Waals surface area contributed by atoms with Crippen molar-refractivity contribution in [2.75, 3.05) is 13.7 Å². The molecular weight excluding hydrogens is 423 g/mol. The van der Waals surface area contributed by atoms with Gasteiger partial charge in [-0.1, -0.05) is 43.3 Å². The van der Waals surface area contributed by atoms with Gasteiger partial charge in [-0.2, -0.15) is 4.98 Å². The van der Waals surface area contributed by atoms with Crippen molar-refractivity contribution in [3.63, 3.8) is 0 Å². The average molecular weight is 451 g/mol. The van der Waals surface area contributed by atoms with Gasteiger partial charge in [0, 0.05) is 17.8 Å². The highest BCUT2D eigenvalue weighted by Gasteiger charge is 2.35. The maximum atomic E-state index is 13.7. The molecule has 2 amide bonds. The van der Waals surface area contributed by atoms with E-state index in [9.17, 15) is 9.18 Å². The number of allylic oxidation sites excluding steroid dienone is 1. The first-order valence-electron chi connectivity index (χ1n) is 10.9. The lowest BCUT2D eigenvalue weighted by atomic mass is 9.94. The smallest absolute Gasteiger partial charge is 0.322 e. The summed E-state index contributed by atoms with van der Waals surface area (Å²) in [6.07, 6.45) is 0.851. The van der Waals surface area contributed by atoms with E-state index in [2.05, 4.69) is 29.3 Å². The van der Waals surface area contributed by atoms with Crippen LogP contribution in [-0.4, -0.2) is 34.7 Å². The number of rotatable bonds is 7. The number of halogens is 1. The second-order valence-electron chi connectivity index (χ2n) is 8.42. The summed E-state index contributed by atoms with van der Waals surface area (Å²) in [4.78, 5) is 19.3. The van der Waals surface area contributed by atoms with Crippen molar-refractivity contribution < 1.29 is 18.4 Å². The van der Waals surface area contributed by atoms with E-state index >= 15 is 0 Å². The number of nitrogens with zero attached hydrogens (tertiary/aromatic N) is 3. The maximum Gasteiger partial charge on any atom is 0.322 e. The second-order valence-corrected chi connectivity index (χ2v) is 8.42. The van der Waals surface area contributed by atoms with E-state index in [1.54, 1.807) is 24.1 Å². The van der Waals surface area contributed by atoms with Crippen molar-refractivity contribution in [2.45, 2.75) is 33.2 Å². The van der Waals surface area contributed by atoms with E-state index in [1.807, 2.05) is 31.2 Å². The molecule has 0 spiro atoms. The monoisotopic (exact) mass is 450 g/mol. The molecule has 0 saturated heterocycles. The zero-order valence-corrected chi connectivity index (χ0v) is 19.1. The zero-order valence-electron chi connectivity index (χ0n) is 19.1. The normalized spacial score (nSPS) is 16.4. The molecule has 33 heavy (non-hydrogen) atoms. The van der Waals surface area contributed by atoms with Crippen LogP contribution >= 0.6 is 0 Å². The lowest BCUT2D eigenvalue weighted by Crippen LogP contribution is -2.46. The summed E-state index contributed by atoms with van der Waals surface area (Å²) in [7, 11) is 1.60. The molecule has 1 N–H and O–H groups in total. The summed E-state index contributed by atoms with van der Waals surface area (Å²) in [5.41, 5.74) is 2.82. The molecule has 4 rings (SSSR count). The molecule has 172 valence electrons. The van der Waals surface area contributed by atoms with Gasteiger partial charge in [0.05, 0.1) is 18.7 Å². The third-order valence-corrected chi connectivity index (χ3v) is 5.71. The first kappa shape index (κ1) is 22.5. The van der Waals surface area contributed by atoms with Crippen LogP contribution in [0, 0.1) is 11.7 Å². The van der Waals surface area contributed by atoms with Gasteiger partial charge in [0.1, 0.15) is 11.6 Å². The Morgan fingerprint density at radius 3 is 2.64 bits per heavy atom. The number of aromatic nitrogens is 2. The second kappa shape index (κ2) is 9.44. The Balaban J connectivity index is 1.78. The summed E-state index contributed by atoms with van der Waals surface area (Å²) in [5.74, 6) is 1.34. The van der Waals surface area contributed by atoms with Crippen LogP contribution in [0.4, 0.5) is 9.18 Å². The molecule has 0 radical (unpaired) electrons. The SMILES string of the molecule is COc1ccc(C2NC(=O)N(CCC(C)C)C(C)=C2c2nc(-c3cccc(F)c3)no2)cc1. The predicted molar refractivity (Wildman–Crippen MR) is 123 cm³/mol. The van der Waals surface area contributed by atoms with Crippen LogP contribution in [0.1, 0.15) is 44.7 Å². The number of nitrogens with one attached hydrogen (secondary N) is 1. The number of methoxy groups -OCH3 is 1. The summed E-state index contributed by atoms with van der Waals surface area (Å²) in [6, 6.07) is 12.8. The van der Waals surface area contributed by atoms with E-state index in [-0.39, 0.29) is 23.6 Å². The van der Waals surface area contributed by atoms with E-state index in [0.29, 0.717) is 29.3 Å². The molecule has 3 aromatic rings. The van der Waals surface area contributed by atoms with Crippen LogP contribution in [0.2, 0.25) is 0 Å². The van der Waals surface area contributed by atoms with Gasteiger partial charge >= 0.3 is 6.03 Å². The summed E-state index contributed by atoms with van der Waals surface area (Å²) >= 11 is 0. The van der Waals surface area contributed by atoms with Gasteiger partial charge in [0.25, 0.3) is 5.89 Å². The Kier molecular flexibility index (Phi) is 6.44. The molecular formula is C25H27FN4O3. The minimum Gasteiger partial charge on any atom is -0.497 e. The molecule has 0 bridgehead atoms. The quantitative estimate of drug-likeness (QED) is 0.519. The average Bonchev–Trinajstić information content (AvgIpc) is 3.28. The molecule has 1 aliphatic heterocycles. The molecule has 2 heterocycles. The van der Waals surface area contributed by atoms with Crippen molar-refractivity contribution in [2.24, 2.45) is 5.92 Å². The Morgan fingerprint density at radius 1 is 1.21 bits per heavy atom. The van der Waals surface area contributed by atoms with E-state index in [0.717, 1.165) is 17.7 Å².